The number of anilines is 1. The maximum absolute atomic E-state index is 14.5. The smallest absolute Gasteiger partial charge is 0.256 e. The normalized spacial score (nSPS) is 11.4. The highest BCUT2D eigenvalue weighted by atomic mass is 19.1. The number of amides is 1. The van der Waals surface area contributed by atoms with Gasteiger partial charge in [0.25, 0.3) is 5.91 Å². The summed E-state index contributed by atoms with van der Waals surface area (Å²) in [7, 11) is 0. The van der Waals surface area contributed by atoms with E-state index in [1.165, 1.54) is 22.9 Å². The lowest BCUT2D eigenvalue weighted by Gasteiger charge is -2.13. The van der Waals surface area contributed by atoms with E-state index in [9.17, 15) is 9.18 Å². The van der Waals surface area contributed by atoms with Gasteiger partial charge in [0.15, 0.2) is 11.5 Å². The Bertz CT molecular complexity index is 1570. The van der Waals surface area contributed by atoms with Crippen molar-refractivity contribution in [3.05, 3.63) is 77.5 Å². The summed E-state index contributed by atoms with van der Waals surface area (Å²) in [5.41, 5.74) is 4.23. The van der Waals surface area contributed by atoms with Gasteiger partial charge in [-0.15, -0.1) is 5.10 Å². The van der Waals surface area contributed by atoms with E-state index in [4.69, 9.17) is 4.98 Å². The number of carbonyl (C=O) groups excluding carboxylic acids is 1. The number of benzene rings is 2. The molecule has 176 valence electrons. The average Bonchev–Trinajstić information content (AvgIpc) is 3.46. The summed E-state index contributed by atoms with van der Waals surface area (Å²) in [5, 5.41) is 19.2. The van der Waals surface area contributed by atoms with Crippen LogP contribution in [0.4, 0.5) is 10.1 Å². The number of pyridine rings is 1. The quantitative estimate of drug-likeness (QED) is 0.401. The van der Waals surface area contributed by atoms with Gasteiger partial charge in [0.05, 0.1) is 22.8 Å². The molecule has 0 saturated carbocycles. The molecule has 0 aliphatic heterocycles. The minimum absolute atomic E-state index is 0.0576. The second kappa shape index (κ2) is 8.71. The van der Waals surface area contributed by atoms with E-state index in [0.29, 0.717) is 33.8 Å². The molecule has 3 aromatic heterocycles. The zero-order valence-electron chi connectivity index (χ0n) is 19.7. The van der Waals surface area contributed by atoms with Crippen molar-refractivity contribution in [2.75, 3.05) is 5.32 Å². The number of nitrogens with zero attached hydrogens (tertiary/aromatic N) is 7. The predicted molar refractivity (Wildman–Crippen MR) is 130 cm³/mol. The fourth-order valence-electron chi connectivity index (χ4n) is 3.99. The average molecular weight is 471 g/mol. The highest BCUT2D eigenvalue weighted by Gasteiger charge is 2.20. The monoisotopic (exact) mass is 470 g/mol. The van der Waals surface area contributed by atoms with Crippen molar-refractivity contribution in [1.29, 1.82) is 0 Å². The van der Waals surface area contributed by atoms with E-state index in [2.05, 4.69) is 25.9 Å². The fraction of sp³-hybridized carbons (Fsp3) is 0.200. The Kier molecular flexibility index (Phi) is 5.56. The molecule has 0 unspecified atom stereocenters. The molecule has 1 N–H and O–H groups in total. The summed E-state index contributed by atoms with van der Waals surface area (Å²) in [6.07, 6.45) is 1.65. The third kappa shape index (κ3) is 4.03. The molecule has 5 aromatic rings. The number of aryl methyl sites for hydroxylation is 2. The van der Waals surface area contributed by atoms with Crippen LogP contribution in [0.2, 0.25) is 0 Å². The molecule has 0 fully saturated rings. The van der Waals surface area contributed by atoms with Crippen LogP contribution in [0, 0.1) is 19.7 Å². The number of halogens is 1. The van der Waals surface area contributed by atoms with Gasteiger partial charge < -0.3 is 5.32 Å². The molecule has 3 heterocycles. The van der Waals surface area contributed by atoms with Crippen molar-refractivity contribution in [3.8, 4) is 16.9 Å². The SMILES string of the molecule is Cc1ccccc1-c1cc(C(=O)Nc2ccc(F)c(-n3nnnc3C)c2)c2cnn(C(C)C)c2n1. The van der Waals surface area contributed by atoms with Crippen molar-refractivity contribution in [1.82, 2.24) is 35.0 Å². The van der Waals surface area contributed by atoms with Gasteiger partial charge in [0.1, 0.15) is 11.5 Å². The van der Waals surface area contributed by atoms with Crippen LogP contribution in [0.25, 0.3) is 28.0 Å². The minimum Gasteiger partial charge on any atom is -0.322 e. The molecule has 0 atom stereocenters. The predicted octanol–water partition coefficient (Wildman–Crippen LogP) is 4.66. The number of hydrogen-bond acceptors (Lipinski definition) is 6. The van der Waals surface area contributed by atoms with Gasteiger partial charge >= 0.3 is 0 Å². The van der Waals surface area contributed by atoms with Crippen LogP contribution in [-0.2, 0) is 0 Å². The van der Waals surface area contributed by atoms with Gasteiger partial charge in [-0.1, -0.05) is 24.3 Å². The van der Waals surface area contributed by atoms with Crippen LogP contribution in [0.15, 0.2) is 54.7 Å². The Balaban J connectivity index is 1.60. The van der Waals surface area contributed by atoms with E-state index >= 15 is 0 Å². The van der Waals surface area contributed by atoms with Crippen LogP contribution in [-0.4, -0.2) is 40.9 Å². The lowest BCUT2D eigenvalue weighted by Crippen LogP contribution is -2.14. The Hall–Kier alpha value is -4.47. The topological polar surface area (TPSA) is 103 Å². The second-order valence-corrected chi connectivity index (χ2v) is 8.55. The van der Waals surface area contributed by atoms with Crippen molar-refractivity contribution in [2.24, 2.45) is 0 Å². The number of carbonyl (C=O) groups is 1. The van der Waals surface area contributed by atoms with Crippen LogP contribution in [0.1, 0.15) is 41.6 Å². The van der Waals surface area contributed by atoms with Crippen LogP contribution < -0.4 is 5.32 Å². The van der Waals surface area contributed by atoms with Gasteiger partial charge in [-0.25, -0.2) is 14.1 Å². The first-order valence-electron chi connectivity index (χ1n) is 11.1. The maximum atomic E-state index is 14.5. The van der Waals surface area contributed by atoms with E-state index in [0.717, 1.165) is 11.1 Å². The number of tetrazole rings is 1. The molecular weight excluding hydrogens is 447 g/mol. The summed E-state index contributed by atoms with van der Waals surface area (Å²) in [6, 6.07) is 14.0. The van der Waals surface area contributed by atoms with Crippen molar-refractivity contribution < 1.29 is 9.18 Å². The number of hydrogen-bond donors (Lipinski definition) is 1. The van der Waals surface area contributed by atoms with Crippen LogP contribution in [0.5, 0.6) is 0 Å². The summed E-state index contributed by atoms with van der Waals surface area (Å²) >= 11 is 0. The minimum atomic E-state index is -0.509. The molecule has 2 aromatic carbocycles. The van der Waals surface area contributed by atoms with Gasteiger partial charge in [-0.2, -0.15) is 9.78 Å². The number of rotatable bonds is 5. The maximum Gasteiger partial charge on any atom is 0.256 e. The Morgan fingerprint density at radius 1 is 1.09 bits per heavy atom. The Morgan fingerprint density at radius 2 is 1.89 bits per heavy atom. The first-order chi connectivity index (χ1) is 16.8. The molecule has 1 amide bonds. The number of fused-ring (bicyclic) bond motifs is 1. The molecule has 0 aliphatic rings. The molecule has 0 aliphatic carbocycles. The lowest BCUT2D eigenvalue weighted by molar-refractivity contribution is 0.102. The summed E-state index contributed by atoms with van der Waals surface area (Å²) in [5.74, 6) is -0.446. The molecule has 0 spiro atoms. The molecular formula is C25H23FN8O. The van der Waals surface area contributed by atoms with E-state index in [1.807, 2.05) is 45.0 Å². The Labute approximate surface area is 200 Å². The number of aromatic nitrogens is 7. The molecule has 0 saturated heterocycles. The number of nitrogens with one attached hydrogen (secondary N) is 1. The molecule has 5 rings (SSSR count). The van der Waals surface area contributed by atoms with E-state index < -0.39 is 5.82 Å². The molecule has 0 bridgehead atoms. The molecule has 10 heteroatoms. The van der Waals surface area contributed by atoms with Gasteiger partial charge in [0, 0.05) is 17.3 Å². The van der Waals surface area contributed by atoms with Crippen molar-refractivity contribution in [3.63, 3.8) is 0 Å². The molecule has 0 radical (unpaired) electrons. The zero-order chi connectivity index (χ0) is 24.7. The molecule has 9 nitrogen and oxygen atoms in total. The van der Waals surface area contributed by atoms with Gasteiger partial charge in [0.2, 0.25) is 0 Å². The van der Waals surface area contributed by atoms with Crippen LogP contribution >= 0.6 is 0 Å². The van der Waals surface area contributed by atoms with Gasteiger partial charge in [-0.05, 0) is 68.0 Å². The van der Waals surface area contributed by atoms with E-state index in [-0.39, 0.29) is 17.6 Å². The first kappa shape index (κ1) is 22.3. The highest BCUT2D eigenvalue weighted by Crippen LogP contribution is 2.29. The zero-order valence-corrected chi connectivity index (χ0v) is 19.7. The summed E-state index contributed by atoms with van der Waals surface area (Å²) < 4.78 is 17.6. The Morgan fingerprint density at radius 3 is 2.60 bits per heavy atom. The van der Waals surface area contributed by atoms with Crippen molar-refractivity contribution >= 4 is 22.6 Å². The fourth-order valence-corrected chi connectivity index (χ4v) is 3.99. The lowest BCUT2D eigenvalue weighted by atomic mass is 10.0. The third-order valence-electron chi connectivity index (χ3n) is 5.78. The summed E-state index contributed by atoms with van der Waals surface area (Å²) in [4.78, 5) is 18.4. The largest absolute Gasteiger partial charge is 0.322 e. The molecule has 35 heavy (non-hydrogen) atoms. The van der Waals surface area contributed by atoms with Crippen LogP contribution in [0.3, 0.4) is 0 Å². The van der Waals surface area contributed by atoms with Gasteiger partial charge in [-0.3, -0.25) is 4.79 Å². The summed E-state index contributed by atoms with van der Waals surface area (Å²) in [6.45, 7) is 7.68. The van der Waals surface area contributed by atoms with E-state index in [1.54, 1.807) is 23.9 Å². The first-order valence-corrected chi connectivity index (χ1v) is 11.1. The third-order valence-corrected chi connectivity index (χ3v) is 5.78. The highest BCUT2D eigenvalue weighted by molar-refractivity contribution is 6.12. The standard InChI is InChI=1S/C25H23FN8O/c1-14(2)33-24-20(13-27-33)19(12-22(29-24)18-8-6-5-7-15(18)3)25(35)28-17-9-10-21(26)23(11-17)34-16(4)30-31-32-34/h5-14H,1-4H3,(H,28,35). The second-order valence-electron chi connectivity index (χ2n) is 8.55. The van der Waals surface area contributed by atoms with Crippen molar-refractivity contribution in [2.45, 2.75) is 33.7 Å².